The second-order valence-electron chi connectivity index (χ2n) is 5.54. The Balaban J connectivity index is 0.00000145. The van der Waals surface area contributed by atoms with E-state index >= 15 is 0 Å². The Morgan fingerprint density at radius 3 is 1.52 bits per heavy atom. The summed E-state index contributed by atoms with van der Waals surface area (Å²) in [7, 11) is 0. The van der Waals surface area contributed by atoms with Gasteiger partial charge < -0.3 is 0 Å². The van der Waals surface area contributed by atoms with Crippen molar-refractivity contribution >= 4 is 17.1 Å². The van der Waals surface area contributed by atoms with E-state index in [2.05, 4.69) is 11.7 Å². The summed E-state index contributed by atoms with van der Waals surface area (Å²) in [5.41, 5.74) is -0.881. The molecule has 0 atom stereocenters. The minimum Gasteiger partial charge on any atom is -0.274 e. The quantitative estimate of drug-likeness (QED) is 0.372. The molecule has 0 bridgehead atoms. The predicted octanol–water partition coefficient (Wildman–Crippen LogP) is 3.56. The fourth-order valence-corrected chi connectivity index (χ4v) is 2.84. The fraction of sp³-hybridized carbons (Fsp3) is 0. The molecule has 0 unspecified atom stereocenters. The predicted molar refractivity (Wildman–Crippen MR) is 106 cm³/mol. The molecule has 0 saturated heterocycles. The van der Waals surface area contributed by atoms with Crippen molar-refractivity contribution in [3.8, 4) is 22.3 Å². The van der Waals surface area contributed by atoms with Gasteiger partial charge in [0.15, 0.2) is 0 Å². The van der Waals surface area contributed by atoms with Gasteiger partial charge in [-0.05, 0) is 11.1 Å². The maximum Gasteiger partial charge on any atom is 0.291 e. The van der Waals surface area contributed by atoms with Crippen molar-refractivity contribution in [2.24, 2.45) is 11.7 Å². The molecule has 3 aromatic carbocycles. The van der Waals surface area contributed by atoms with Gasteiger partial charge in [-0.2, -0.15) is 0 Å². The Morgan fingerprint density at radius 2 is 1.07 bits per heavy atom. The molecule has 0 spiro atoms. The first-order valence-electron chi connectivity index (χ1n) is 7.99. The molecule has 0 fully saturated rings. The lowest BCUT2D eigenvalue weighted by molar-refractivity contribution is -0.402. The number of hydrogen-bond donors (Lipinski definition) is 2. The number of benzene rings is 3. The van der Waals surface area contributed by atoms with Crippen molar-refractivity contribution in [2.75, 3.05) is 0 Å². The summed E-state index contributed by atoms with van der Waals surface area (Å²) >= 11 is 0. The third-order valence-electron chi connectivity index (χ3n) is 3.97. The summed E-state index contributed by atoms with van der Waals surface area (Å²) in [5.74, 6) is 8.00. The van der Waals surface area contributed by atoms with Gasteiger partial charge >= 0.3 is 0 Å². The van der Waals surface area contributed by atoms with Gasteiger partial charge in [0.1, 0.15) is 5.56 Å². The number of hydrogen-bond acceptors (Lipinski definition) is 8. The highest BCUT2D eigenvalue weighted by Crippen LogP contribution is 2.44. The van der Waals surface area contributed by atoms with Crippen molar-refractivity contribution < 1.29 is 14.8 Å². The molecule has 148 valence electrons. The van der Waals surface area contributed by atoms with Crippen LogP contribution in [0.15, 0.2) is 66.7 Å². The number of nitrogens with zero attached hydrogens (tertiary/aromatic N) is 3. The maximum absolute atomic E-state index is 11.6. The van der Waals surface area contributed by atoms with Crippen LogP contribution in [0.4, 0.5) is 17.1 Å². The van der Waals surface area contributed by atoms with Gasteiger partial charge in [-0.25, -0.2) is 0 Å². The molecule has 0 amide bonds. The summed E-state index contributed by atoms with van der Waals surface area (Å²) in [6.45, 7) is 0. The molecule has 29 heavy (non-hydrogen) atoms. The Bertz CT molecular complexity index is 1040. The SMILES string of the molecule is NN.O=[N+]([O-])c1cc([N+](=O)[O-])c(-c2ccccc2-c2ccccc2)c([N+](=O)[O-])c1. The Hall–Kier alpha value is -4.22. The number of nitrogens with two attached hydrogens (primary N) is 2. The summed E-state index contributed by atoms with van der Waals surface area (Å²) in [6.07, 6.45) is 0. The Kier molecular flexibility index (Phi) is 6.63. The zero-order valence-corrected chi connectivity index (χ0v) is 14.8. The third-order valence-corrected chi connectivity index (χ3v) is 3.97. The van der Waals surface area contributed by atoms with Crippen LogP contribution in [0.25, 0.3) is 22.3 Å². The summed E-state index contributed by atoms with van der Waals surface area (Å²) in [4.78, 5) is 31.6. The molecule has 0 aliphatic rings. The third kappa shape index (κ3) is 4.37. The van der Waals surface area contributed by atoms with Crippen molar-refractivity contribution in [3.05, 3.63) is 97.1 Å². The van der Waals surface area contributed by atoms with Crippen molar-refractivity contribution in [3.63, 3.8) is 0 Å². The van der Waals surface area contributed by atoms with Gasteiger partial charge in [-0.15, -0.1) is 0 Å². The van der Waals surface area contributed by atoms with E-state index < -0.39 is 31.8 Å². The Morgan fingerprint density at radius 1 is 0.621 bits per heavy atom. The number of nitro groups is 3. The van der Waals surface area contributed by atoms with Gasteiger partial charge in [-0.3, -0.25) is 42.0 Å². The van der Waals surface area contributed by atoms with E-state index in [4.69, 9.17) is 0 Å². The van der Waals surface area contributed by atoms with Gasteiger partial charge in [0.05, 0.1) is 26.9 Å². The smallest absolute Gasteiger partial charge is 0.274 e. The molecule has 0 aromatic heterocycles. The van der Waals surface area contributed by atoms with Crippen LogP contribution in [-0.2, 0) is 0 Å². The maximum atomic E-state index is 11.6. The van der Waals surface area contributed by atoms with Crippen LogP contribution in [0.1, 0.15) is 0 Å². The van der Waals surface area contributed by atoms with E-state index in [1.807, 2.05) is 0 Å². The standard InChI is InChI=1S/C18H11N3O6.H4N2/c22-19(23)13-10-16(20(24)25)18(17(11-13)21(26)27)15-9-5-4-8-14(15)12-6-2-1-3-7-12;1-2/h1-11H;1-2H2. The highest BCUT2D eigenvalue weighted by atomic mass is 16.6. The topological polar surface area (TPSA) is 181 Å². The molecule has 3 rings (SSSR count). The van der Waals surface area contributed by atoms with Gasteiger partial charge in [0.2, 0.25) is 0 Å². The van der Waals surface area contributed by atoms with Gasteiger partial charge in [0.25, 0.3) is 17.1 Å². The minimum atomic E-state index is -0.896. The lowest BCUT2D eigenvalue weighted by atomic mass is 9.92. The molecular weight excluding hydrogens is 382 g/mol. The van der Waals surface area contributed by atoms with Crippen LogP contribution in [-0.4, -0.2) is 14.8 Å². The van der Waals surface area contributed by atoms with Crippen molar-refractivity contribution in [1.29, 1.82) is 0 Å². The van der Waals surface area contributed by atoms with E-state index in [1.54, 1.807) is 48.5 Å². The molecule has 0 saturated carbocycles. The molecular formula is C18H15N5O6. The average Bonchev–Trinajstić information content (AvgIpc) is 2.74. The van der Waals surface area contributed by atoms with Crippen LogP contribution in [0.2, 0.25) is 0 Å². The number of non-ortho nitro benzene ring substituents is 1. The molecule has 11 nitrogen and oxygen atoms in total. The number of rotatable bonds is 5. The number of hydrazine groups is 1. The first kappa shape index (κ1) is 21.1. The van der Waals surface area contributed by atoms with E-state index in [0.717, 1.165) is 12.1 Å². The second-order valence-corrected chi connectivity index (χ2v) is 5.54. The normalized spacial score (nSPS) is 9.86. The highest BCUT2D eigenvalue weighted by Gasteiger charge is 2.32. The second kappa shape index (κ2) is 9.12. The molecule has 0 heterocycles. The van der Waals surface area contributed by atoms with Crippen LogP contribution in [0.3, 0.4) is 0 Å². The molecule has 0 radical (unpaired) electrons. The average molecular weight is 397 g/mol. The molecule has 0 aliphatic carbocycles. The van der Waals surface area contributed by atoms with Crippen molar-refractivity contribution in [1.82, 2.24) is 0 Å². The van der Waals surface area contributed by atoms with E-state index in [9.17, 15) is 30.3 Å². The lowest BCUT2D eigenvalue weighted by Crippen LogP contribution is -2.02. The minimum absolute atomic E-state index is 0.247. The van der Waals surface area contributed by atoms with Gasteiger partial charge in [0, 0.05) is 5.56 Å². The molecule has 4 N–H and O–H groups in total. The summed E-state index contributed by atoms with van der Waals surface area (Å²) in [5, 5.41) is 34.2. The molecule has 0 aliphatic heterocycles. The zero-order chi connectivity index (χ0) is 21.6. The summed E-state index contributed by atoms with van der Waals surface area (Å²) < 4.78 is 0. The largest absolute Gasteiger partial charge is 0.291 e. The fourth-order valence-electron chi connectivity index (χ4n) is 2.84. The molecule has 11 heteroatoms. The molecule has 3 aromatic rings. The van der Waals surface area contributed by atoms with Crippen LogP contribution in [0, 0.1) is 30.3 Å². The highest BCUT2D eigenvalue weighted by molar-refractivity contribution is 5.93. The van der Waals surface area contributed by atoms with Crippen LogP contribution in [0.5, 0.6) is 0 Å². The van der Waals surface area contributed by atoms with Gasteiger partial charge in [-0.1, -0.05) is 54.6 Å². The zero-order valence-electron chi connectivity index (χ0n) is 14.8. The van der Waals surface area contributed by atoms with E-state index in [1.165, 1.54) is 6.07 Å². The van der Waals surface area contributed by atoms with Crippen LogP contribution >= 0.6 is 0 Å². The van der Waals surface area contributed by atoms with E-state index in [-0.39, 0.29) is 11.1 Å². The summed E-state index contributed by atoms with van der Waals surface area (Å²) in [6, 6.07) is 16.8. The first-order chi connectivity index (χ1) is 13.9. The van der Waals surface area contributed by atoms with Crippen molar-refractivity contribution in [2.45, 2.75) is 0 Å². The first-order valence-corrected chi connectivity index (χ1v) is 7.99. The lowest BCUT2D eigenvalue weighted by Gasteiger charge is -2.11. The van der Waals surface area contributed by atoms with Crippen LogP contribution < -0.4 is 11.7 Å². The number of nitro benzene ring substituents is 3. The van der Waals surface area contributed by atoms with E-state index in [0.29, 0.717) is 11.1 Å². The Labute approximate surface area is 163 Å². The monoisotopic (exact) mass is 397 g/mol.